The molecule has 1 aromatic rings. The van der Waals surface area contributed by atoms with Crippen LogP contribution in [0.2, 0.25) is 0 Å². The molecule has 1 saturated heterocycles. The molecule has 2 N–H and O–H groups in total. The number of hydrogen-bond donors (Lipinski definition) is 2. The van der Waals surface area contributed by atoms with E-state index in [-0.39, 0.29) is 42.0 Å². The van der Waals surface area contributed by atoms with Crippen molar-refractivity contribution in [3.63, 3.8) is 0 Å². The zero-order valence-corrected chi connectivity index (χ0v) is 16.2. The van der Waals surface area contributed by atoms with Crippen LogP contribution in [0.5, 0.6) is 0 Å². The van der Waals surface area contributed by atoms with E-state index in [0.29, 0.717) is 24.4 Å². The highest BCUT2D eigenvalue weighted by Crippen LogP contribution is 2.55. The van der Waals surface area contributed by atoms with Crippen LogP contribution in [0.25, 0.3) is 0 Å². The Kier molecular flexibility index (Phi) is 6.33. The van der Waals surface area contributed by atoms with Gasteiger partial charge in [0.1, 0.15) is 6.04 Å². The van der Waals surface area contributed by atoms with E-state index in [1.165, 1.54) is 6.20 Å². The minimum absolute atomic E-state index is 0.0593. The predicted molar refractivity (Wildman–Crippen MR) is 99.1 cm³/mol. The van der Waals surface area contributed by atoms with E-state index in [0.717, 1.165) is 32.1 Å². The van der Waals surface area contributed by atoms with E-state index >= 15 is 0 Å². The number of carbonyl (C=O) groups excluding carboxylic acids is 3. The first-order valence-corrected chi connectivity index (χ1v) is 9.88. The molecule has 0 unspecified atom stereocenters. The molecule has 0 aromatic carbocycles. The topological polar surface area (TPSA) is 116 Å². The third-order valence-corrected chi connectivity index (χ3v) is 5.77. The largest absolute Gasteiger partial charge is 0.338 e. The highest BCUT2D eigenvalue weighted by atomic mass is 16.5. The summed E-state index contributed by atoms with van der Waals surface area (Å²) < 4.78 is 4.94. The van der Waals surface area contributed by atoms with Gasteiger partial charge in [-0.3, -0.25) is 24.9 Å². The van der Waals surface area contributed by atoms with E-state index < -0.39 is 6.04 Å². The molecule has 154 valence electrons. The molecule has 2 heterocycles. The Morgan fingerprint density at radius 2 is 2.32 bits per heavy atom. The van der Waals surface area contributed by atoms with Gasteiger partial charge in [-0.05, 0) is 37.0 Å². The lowest BCUT2D eigenvalue weighted by atomic mass is 9.97. The molecule has 9 heteroatoms. The molecule has 1 aliphatic heterocycles. The van der Waals surface area contributed by atoms with Gasteiger partial charge in [0.25, 0.3) is 0 Å². The first-order chi connectivity index (χ1) is 13.5. The van der Waals surface area contributed by atoms with Gasteiger partial charge in [-0.25, -0.2) is 5.06 Å². The Morgan fingerprint density at radius 3 is 2.93 bits per heavy atom. The van der Waals surface area contributed by atoms with Gasteiger partial charge in [0, 0.05) is 19.0 Å². The maximum Gasteiger partial charge on any atom is 0.249 e. The summed E-state index contributed by atoms with van der Waals surface area (Å²) in [6, 6.07) is 1.02. The van der Waals surface area contributed by atoms with Gasteiger partial charge < -0.3 is 9.42 Å². The smallest absolute Gasteiger partial charge is 0.249 e. The standard InChI is InChI=1S/C19H28N4O5/c1-2-3-4-14(11-22(27)13-24)9-17(25)23-12-19(6-7-19)10-15(23)18(26)21-16-5-8-20-28-16/h5,8,13-15,27H,2-4,6-7,9-12H2,1H3,(H,21,26)/t14-,15+/m1/s1. The van der Waals surface area contributed by atoms with Crippen LogP contribution >= 0.6 is 0 Å². The van der Waals surface area contributed by atoms with Crippen LogP contribution < -0.4 is 5.32 Å². The number of amides is 3. The van der Waals surface area contributed by atoms with Crippen molar-refractivity contribution in [3.05, 3.63) is 12.3 Å². The van der Waals surface area contributed by atoms with Crippen LogP contribution in [0.3, 0.4) is 0 Å². The Hall–Kier alpha value is -2.42. The molecule has 3 amide bonds. The molecule has 1 aromatic heterocycles. The molecule has 1 spiro atoms. The second-order valence-electron chi connectivity index (χ2n) is 8.05. The van der Waals surface area contributed by atoms with E-state index in [9.17, 15) is 19.6 Å². The number of hydrogen-bond acceptors (Lipinski definition) is 6. The molecule has 2 aliphatic rings. The molecular weight excluding hydrogens is 364 g/mol. The molecule has 0 bridgehead atoms. The average Bonchev–Trinajstić information content (AvgIpc) is 3.06. The molecule has 2 atom stereocenters. The van der Waals surface area contributed by atoms with Crippen molar-refractivity contribution in [2.75, 3.05) is 18.4 Å². The number of hydroxylamine groups is 2. The van der Waals surface area contributed by atoms with Crippen LogP contribution in [0, 0.1) is 11.3 Å². The second-order valence-corrected chi connectivity index (χ2v) is 8.05. The summed E-state index contributed by atoms with van der Waals surface area (Å²) in [6.45, 7) is 2.75. The first kappa shape index (κ1) is 20.3. The normalized spacial score (nSPS) is 20.8. The maximum atomic E-state index is 13.0. The summed E-state index contributed by atoms with van der Waals surface area (Å²) in [7, 11) is 0. The summed E-state index contributed by atoms with van der Waals surface area (Å²) in [4.78, 5) is 38.2. The van der Waals surface area contributed by atoms with E-state index in [2.05, 4.69) is 17.4 Å². The van der Waals surface area contributed by atoms with Crippen molar-refractivity contribution in [2.24, 2.45) is 11.3 Å². The van der Waals surface area contributed by atoms with Crippen molar-refractivity contribution in [2.45, 2.75) is 57.9 Å². The lowest BCUT2D eigenvalue weighted by Crippen LogP contribution is -2.44. The summed E-state index contributed by atoms with van der Waals surface area (Å²) in [5.41, 5.74) is 0.0593. The third kappa shape index (κ3) is 4.89. The van der Waals surface area contributed by atoms with E-state index in [4.69, 9.17) is 4.52 Å². The molecule has 1 saturated carbocycles. The fourth-order valence-electron chi connectivity index (χ4n) is 4.00. The zero-order chi connectivity index (χ0) is 20.1. The number of nitrogens with one attached hydrogen (secondary N) is 1. The molecule has 3 rings (SSSR count). The molecule has 9 nitrogen and oxygen atoms in total. The highest BCUT2D eigenvalue weighted by Gasteiger charge is 2.55. The number of unbranched alkanes of at least 4 members (excludes halogenated alkanes) is 1. The van der Waals surface area contributed by atoms with Gasteiger partial charge in [0.15, 0.2) is 0 Å². The number of aromatic nitrogens is 1. The monoisotopic (exact) mass is 392 g/mol. The third-order valence-electron chi connectivity index (χ3n) is 5.77. The van der Waals surface area contributed by atoms with Crippen molar-refractivity contribution in [3.8, 4) is 0 Å². The SMILES string of the molecule is CCCC[C@H](CC(=O)N1CC2(CC2)C[C@H]1C(=O)Nc1ccno1)CN(O)C=O. The van der Waals surface area contributed by atoms with Gasteiger partial charge in [-0.1, -0.05) is 24.9 Å². The number of nitrogens with zero attached hydrogens (tertiary/aromatic N) is 3. The number of carbonyl (C=O) groups is 3. The first-order valence-electron chi connectivity index (χ1n) is 9.88. The highest BCUT2D eigenvalue weighted by molar-refractivity contribution is 5.96. The van der Waals surface area contributed by atoms with Gasteiger partial charge in [0.2, 0.25) is 24.1 Å². The lowest BCUT2D eigenvalue weighted by Gasteiger charge is -2.26. The quantitative estimate of drug-likeness (QED) is 0.358. The molecule has 0 radical (unpaired) electrons. The van der Waals surface area contributed by atoms with E-state index in [1.807, 2.05) is 0 Å². The zero-order valence-electron chi connectivity index (χ0n) is 16.2. The van der Waals surface area contributed by atoms with Crippen molar-refractivity contribution >= 4 is 24.1 Å². The summed E-state index contributed by atoms with van der Waals surface area (Å²) in [5, 5.41) is 16.4. The Morgan fingerprint density at radius 1 is 1.54 bits per heavy atom. The second kappa shape index (κ2) is 8.72. The summed E-state index contributed by atoms with van der Waals surface area (Å²) >= 11 is 0. The van der Waals surface area contributed by atoms with Gasteiger partial charge in [-0.15, -0.1) is 0 Å². The van der Waals surface area contributed by atoms with Crippen LogP contribution in [0.4, 0.5) is 5.88 Å². The van der Waals surface area contributed by atoms with Crippen LogP contribution in [0.15, 0.2) is 16.8 Å². The van der Waals surface area contributed by atoms with Crippen LogP contribution in [-0.4, -0.2) is 57.7 Å². The molecule has 28 heavy (non-hydrogen) atoms. The maximum absolute atomic E-state index is 13.0. The summed E-state index contributed by atoms with van der Waals surface area (Å²) in [6.07, 6.45) is 7.31. The molecule has 1 aliphatic carbocycles. The van der Waals surface area contributed by atoms with Crippen molar-refractivity contribution < 1.29 is 24.1 Å². The number of likely N-dealkylation sites (tertiary alicyclic amines) is 1. The Balaban J connectivity index is 1.66. The average molecular weight is 392 g/mol. The number of anilines is 1. The minimum atomic E-state index is -0.539. The van der Waals surface area contributed by atoms with Gasteiger partial charge in [-0.2, -0.15) is 0 Å². The van der Waals surface area contributed by atoms with Crippen molar-refractivity contribution in [1.82, 2.24) is 15.1 Å². The van der Waals surface area contributed by atoms with Crippen LogP contribution in [0.1, 0.15) is 51.9 Å². The van der Waals surface area contributed by atoms with Gasteiger partial charge >= 0.3 is 0 Å². The van der Waals surface area contributed by atoms with Crippen molar-refractivity contribution in [1.29, 1.82) is 0 Å². The predicted octanol–water partition coefficient (Wildman–Crippen LogP) is 2.04. The minimum Gasteiger partial charge on any atom is -0.338 e. The van der Waals surface area contributed by atoms with Gasteiger partial charge in [0.05, 0.1) is 12.7 Å². The fraction of sp³-hybridized carbons (Fsp3) is 0.684. The van der Waals surface area contributed by atoms with Crippen LogP contribution in [-0.2, 0) is 14.4 Å². The molecular formula is C19H28N4O5. The lowest BCUT2D eigenvalue weighted by molar-refractivity contribution is -0.154. The Labute approximate surface area is 164 Å². The fourth-order valence-corrected chi connectivity index (χ4v) is 4.00. The summed E-state index contributed by atoms with van der Waals surface area (Å²) in [5.74, 6) is -0.259. The molecule has 2 fully saturated rings. The Bertz CT molecular complexity index is 689. The van der Waals surface area contributed by atoms with E-state index in [1.54, 1.807) is 11.0 Å². The number of rotatable bonds is 10.